The van der Waals surface area contributed by atoms with Gasteiger partial charge in [-0.05, 0) is 30.2 Å². The first-order valence-electron chi connectivity index (χ1n) is 6.29. The van der Waals surface area contributed by atoms with Crippen LogP contribution in [0.2, 0.25) is 5.02 Å². The van der Waals surface area contributed by atoms with Gasteiger partial charge in [0.1, 0.15) is 0 Å². The van der Waals surface area contributed by atoms with E-state index in [4.69, 9.17) is 26.2 Å². The molecule has 2 aromatic rings. The summed E-state index contributed by atoms with van der Waals surface area (Å²) in [6.07, 6.45) is 0.921. The molecule has 0 aliphatic rings. The van der Waals surface area contributed by atoms with Crippen molar-refractivity contribution in [1.29, 1.82) is 0 Å². The first-order chi connectivity index (χ1) is 9.67. The summed E-state index contributed by atoms with van der Waals surface area (Å²) in [5.74, 6) is 1.58. The van der Waals surface area contributed by atoms with Crippen molar-refractivity contribution in [3.63, 3.8) is 0 Å². The fourth-order valence-electron chi connectivity index (χ4n) is 1.76. The molecule has 0 unspecified atom stereocenters. The Labute approximate surface area is 122 Å². The third-order valence-electron chi connectivity index (χ3n) is 2.89. The number of pyridine rings is 1. The van der Waals surface area contributed by atoms with Crippen LogP contribution in [0.1, 0.15) is 18.2 Å². The summed E-state index contributed by atoms with van der Waals surface area (Å²) in [7, 11) is 1.59. The lowest BCUT2D eigenvalue weighted by Gasteiger charge is -2.11. The second-order valence-corrected chi connectivity index (χ2v) is 4.58. The largest absolute Gasteiger partial charge is 0.493 e. The first kappa shape index (κ1) is 14.6. The number of halogens is 1. The molecule has 0 aliphatic carbocycles. The second-order valence-electron chi connectivity index (χ2n) is 4.18. The second kappa shape index (κ2) is 6.59. The van der Waals surface area contributed by atoms with Gasteiger partial charge < -0.3 is 14.6 Å². The topological polar surface area (TPSA) is 51.6 Å². The molecule has 0 atom stereocenters. The molecule has 5 heteroatoms. The maximum Gasteiger partial charge on any atom is 0.219 e. The van der Waals surface area contributed by atoms with Gasteiger partial charge in [-0.15, -0.1) is 0 Å². The predicted molar refractivity (Wildman–Crippen MR) is 77.6 cm³/mol. The van der Waals surface area contributed by atoms with Crippen molar-refractivity contribution in [3.05, 3.63) is 46.6 Å². The van der Waals surface area contributed by atoms with Crippen molar-refractivity contribution < 1.29 is 14.6 Å². The predicted octanol–water partition coefficient (Wildman–Crippen LogP) is 3.59. The van der Waals surface area contributed by atoms with Gasteiger partial charge in [0.2, 0.25) is 5.88 Å². The molecule has 0 saturated heterocycles. The molecule has 0 aliphatic heterocycles. The first-order valence-corrected chi connectivity index (χ1v) is 6.66. The van der Waals surface area contributed by atoms with Gasteiger partial charge >= 0.3 is 0 Å². The minimum absolute atomic E-state index is 0.234. The lowest BCUT2D eigenvalue weighted by atomic mass is 10.1. The van der Waals surface area contributed by atoms with E-state index in [1.165, 1.54) is 0 Å². The average molecular weight is 294 g/mol. The number of ether oxygens (including phenoxy) is 2. The van der Waals surface area contributed by atoms with Crippen LogP contribution >= 0.6 is 11.6 Å². The number of aliphatic hydroxyl groups excluding tert-OH is 1. The Morgan fingerprint density at radius 1 is 1.20 bits per heavy atom. The SMILES string of the molecule is CCc1ccc(Oc2ccc(Cl)c(CO)n2)c(OC)c1. The Bertz CT molecular complexity index is 602. The van der Waals surface area contributed by atoms with Crippen LogP contribution in [0.4, 0.5) is 0 Å². The minimum atomic E-state index is -0.234. The summed E-state index contributed by atoms with van der Waals surface area (Å²) < 4.78 is 11.0. The van der Waals surface area contributed by atoms with Gasteiger partial charge in [0.25, 0.3) is 0 Å². The lowest BCUT2D eigenvalue weighted by molar-refractivity contribution is 0.275. The van der Waals surface area contributed by atoms with Gasteiger partial charge in [-0.2, -0.15) is 0 Å². The molecular weight excluding hydrogens is 278 g/mol. The number of aromatic nitrogens is 1. The molecule has 4 nitrogen and oxygen atoms in total. The number of aliphatic hydroxyl groups is 1. The standard InChI is InChI=1S/C15H16ClNO3/c1-3-10-4-6-13(14(8-10)19-2)20-15-7-5-11(16)12(9-18)17-15/h4-8,18H,3,9H2,1-2H3. The summed E-state index contributed by atoms with van der Waals surface area (Å²) in [4.78, 5) is 4.14. The van der Waals surface area contributed by atoms with Crippen molar-refractivity contribution in [2.24, 2.45) is 0 Å². The van der Waals surface area contributed by atoms with Crippen LogP contribution in [0.3, 0.4) is 0 Å². The van der Waals surface area contributed by atoms with Gasteiger partial charge in [0, 0.05) is 6.07 Å². The number of rotatable bonds is 5. The molecule has 1 aromatic carbocycles. The fraction of sp³-hybridized carbons (Fsp3) is 0.267. The Kier molecular flexibility index (Phi) is 4.82. The number of hydrogen-bond acceptors (Lipinski definition) is 4. The normalized spacial score (nSPS) is 10.4. The quantitative estimate of drug-likeness (QED) is 0.915. The Hall–Kier alpha value is -1.78. The van der Waals surface area contributed by atoms with E-state index in [0.29, 0.717) is 28.1 Å². The highest BCUT2D eigenvalue weighted by Crippen LogP contribution is 2.32. The number of aryl methyl sites for hydroxylation is 1. The lowest BCUT2D eigenvalue weighted by Crippen LogP contribution is -1.96. The van der Waals surface area contributed by atoms with Gasteiger partial charge in [0.15, 0.2) is 11.5 Å². The highest BCUT2D eigenvalue weighted by atomic mass is 35.5. The molecule has 20 heavy (non-hydrogen) atoms. The molecule has 1 heterocycles. The summed E-state index contributed by atoms with van der Waals surface area (Å²) in [6.45, 7) is 1.84. The summed E-state index contributed by atoms with van der Waals surface area (Å²) in [5, 5.41) is 9.56. The molecule has 1 aromatic heterocycles. The van der Waals surface area contributed by atoms with Gasteiger partial charge in [0.05, 0.1) is 24.4 Å². The van der Waals surface area contributed by atoms with Crippen LogP contribution in [0, 0.1) is 0 Å². The molecule has 0 saturated carbocycles. The van der Waals surface area contributed by atoms with E-state index in [1.807, 2.05) is 18.2 Å². The summed E-state index contributed by atoms with van der Waals surface area (Å²) in [5.41, 5.74) is 1.54. The zero-order chi connectivity index (χ0) is 14.5. The molecule has 0 amide bonds. The van der Waals surface area contributed by atoms with Gasteiger partial charge in [-0.1, -0.05) is 24.6 Å². The van der Waals surface area contributed by atoms with E-state index in [9.17, 15) is 0 Å². The Morgan fingerprint density at radius 3 is 2.65 bits per heavy atom. The number of methoxy groups -OCH3 is 1. The van der Waals surface area contributed by atoms with Crippen LogP contribution in [-0.2, 0) is 13.0 Å². The van der Waals surface area contributed by atoms with Gasteiger partial charge in [-0.3, -0.25) is 0 Å². The van der Waals surface area contributed by atoms with Crippen LogP contribution in [0.5, 0.6) is 17.4 Å². The molecular formula is C15H16ClNO3. The van der Waals surface area contributed by atoms with E-state index in [2.05, 4.69) is 11.9 Å². The van der Waals surface area contributed by atoms with E-state index in [1.54, 1.807) is 19.2 Å². The fourth-order valence-corrected chi connectivity index (χ4v) is 1.93. The molecule has 2 rings (SSSR count). The molecule has 106 valence electrons. The Balaban J connectivity index is 2.29. The minimum Gasteiger partial charge on any atom is -0.493 e. The summed E-state index contributed by atoms with van der Waals surface area (Å²) >= 11 is 5.89. The van der Waals surface area contributed by atoms with Crippen molar-refractivity contribution in [1.82, 2.24) is 4.98 Å². The molecule has 0 bridgehead atoms. The van der Waals surface area contributed by atoms with Crippen LogP contribution < -0.4 is 9.47 Å². The zero-order valence-corrected chi connectivity index (χ0v) is 12.1. The van der Waals surface area contributed by atoms with E-state index < -0.39 is 0 Å². The third-order valence-corrected chi connectivity index (χ3v) is 3.24. The smallest absolute Gasteiger partial charge is 0.219 e. The number of benzene rings is 1. The van der Waals surface area contributed by atoms with Crippen molar-refractivity contribution >= 4 is 11.6 Å². The maximum absolute atomic E-state index is 9.15. The van der Waals surface area contributed by atoms with Crippen LogP contribution in [0.25, 0.3) is 0 Å². The van der Waals surface area contributed by atoms with E-state index >= 15 is 0 Å². The van der Waals surface area contributed by atoms with Crippen LogP contribution in [-0.4, -0.2) is 17.2 Å². The average Bonchev–Trinajstić information content (AvgIpc) is 2.49. The number of nitrogens with zero attached hydrogens (tertiary/aromatic N) is 1. The summed E-state index contributed by atoms with van der Waals surface area (Å²) in [6, 6.07) is 9.03. The molecule has 1 N–H and O–H groups in total. The van der Waals surface area contributed by atoms with Crippen LogP contribution in [0.15, 0.2) is 30.3 Å². The van der Waals surface area contributed by atoms with E-state index in [-0.39, 0.29) is 6.61 Å². The third kappa shape index (κ3) is 3.21. The molecule has 0 fully saturated rings. The van der Waals surface area contributed by atoms with Crippen molar-refractivity contribution in [2.75, 3.05) is 7.11 Å². The monoisotopic (exact) mass is 293 g/mol. The molecule has 0 radical (unpaired) electrons. The molecule has 0 spiro atoms. The Morgan fingerprint density at radius 2 is 2.00 bits per heavy atom. The zero-order valence-electron chi connectivity index (χ0n) is 11.4. The van der Waals surface area contributed by atoms with Crippen molar-refractivity contribution in [2.45, 2.75) is 20.0 Å². The highest BCUT2D eigenvalue weighted by Gasteiger charge is 2.09. The van der Waals surface area contributed by atoms with Crippen molar-refractivity contribution in [3.8, 4) is 17.4 Å². The highest BCUT2D eigenvalue weighted by molar-refractivity contribution is 6.31. The van der Waals surface area contributed by atoms with Gasteiger partial charge in [-0.25, -0.2) is 4.98 Å². The maximum atomic E-state index is 9.15. The number of hydrogen-bond donors (Lipinski definition) is 1. The van der Waals surface area contributed by atoms with E-state index in [0.717, 1.165) is 12.0 Å².